The van der Waals surface area contributed by atoms with Crippen LogP contribution in [-0.2, 0) is 30.1 Å². The molecule has 1 atom stereocenters. The van der Waals surface area contributed by atoms with Crippen LogP contribution >= 0.6 is 0 Å². The Morgan fingerprint density at radius 1 is 1.21 bits per heavy atom. The van der Waals surface area contributed by atoms with E-state index in [1.54, 1.807) is 7.05 Å². The van der Waals surface area contributed by atoms with Crippen molar-refractivity contribution in [2.75, 3.05) is 7.11 Å². The smallest absolute Gasteiger partial charge is 0.277 e. The number of nitrogens with zero attached hydrogens (tertiary/aromatic N) is 2. The van der Waals surface area contributed by atoms with Gasteiger partial charge in [0.2, 0.25) is 0 Å². The van der Waals surface area contributed by atoms with Crippen molar-refractivity contribution < 1.29 is 18.4 Å². The fraction of sp³-hybridized carbons (Fsp3) is 0.524. The Morgan fingerprint density at radius 2 is 1.82 bits per heavy atom. The van der Waals surface area contributed by atoms with Gasteiger partial charge in [-0.2, -0.15) is 5.10 Å². The highest BCUT2D eigenvalue weighted by Crippen LogP contribution is 2.27. The Labute approximate surface area is 165 Å². The van der Waals surface area contributed by atoms with E-state index in [9.17, 15) is 13.6 Å². The van der Waals surface area contributed by atoms with Crippen molar-refractivity contribution in [2.45, 2.75) is 52.4 Å². The first kappa shape index (κ1) is 22.0. The summed E-state index contributed by atoms with van der Waals surface area (Å²) < 4.78 is 28.1. The number of carbonyl (C=O) groups is 1. The van der Waals surface area contributed by atoms with Crippen molar-refractivity contribution >= 4 is 5.91 Å². The molecule has 0 fully saturated rings. The molecule has 0 spiro atoms. The van der Waals surface area contributed by atoms with E-state index in [2.05, 4.69) is 60.5 Å². The first-order valence-electron chi connectivity index (χ1n) is 9.31. The predicted octanol–water partition coefficient (Wildman–Crippen LogP) is 4.37. The molecule has 28 heavy (non-hydrogen) atoms. The highest BCUT2D eigenvalue weighted by molar-refractivity contribution is 5.96. The second-order valence-corrected chi connectivity index (χ2v) is 8.23. The Bertz CT molecular complexity index is 808. The zero-order valence-electron chi connectivity index (χ0n) is 17.3. The number of aromatic nitrogens is 2. The third-order valence-electron chi connectivity index (χ3n) is 4.77. The van der Waals surface area contributed by atoms with Crippen LogP contribution in [0.3, 0.4) is 0 Å². The van der Waals surface area contributed by atoms with Gasteiger partial charge in [0, 0.05) is 7.05 Å². The Kier molecular flexibility index (Phi) is 6.93. The molecule has 1 unspecified atom stereocenters. The van der Waals surface area contributed by atoms with E-state index in [-0.39, 0.29) is 16.9 Å². The normalized spacial score (nSPS) is 13.0. The lowest BCUT2D eigenvalue weighted by Crippen LogP contribution is -2.24. The number of benzene rings is 1. The molecule has 1 heterocycles. The molecule has 2 rings (SSSR count). The maximum Gasteiger partial charge on any atom is 0.282 e. The number of amides is 1. The van der Waals surface area contributed by atoms with Crippen LogP contribution in [0.15, 0.2) is 24.3 Å². The van der Waals surface area contributed by atoms with Crippen LogP contribution < -0.4 is 5.48 Å². The highest BCUT2D eigenvalue weighted by Gasteiger charge is 2.28. The number of hydrogen-bond donors (Lipinski definition) is 1. The molecule has 0 saturated heterocycles. The molecule has 0 bridgehead atoms. The number of hydrogen-bond acceptors (Lipinski definition) is 3. The van der Waals surface area contributed by atoms with Crippen LogP contribution in [0.1, 0.15) is 67.0 Å². The minimum Gasteiger partial charge on any atom is -0.277 e. The van der Waals surface area contributed by atoms with Crippen molar-refractivity contribution in [2.24, 2.45) is 13.0 Å². The molecule has 154 valence electrons. The van der Waals surface area contributed by atoms with Crippen molar-refractivity contribution in [1.29, 1.82) is 0 Å². The Hall–Kier alpha value is -2.28. The van der Waals surface area contributed by atoms with Crippen LogP contribution in [0, 0.1) is 5.92 Å². The van der Waals surface area contributed by atoms with E-state index in [4.69, 9.17) is 0 Å². The zero-order valence-corrected chi connectivity index (χ0v) is 17.3. The molecule has 1 aromatic heterocycles. The van der Waals surface area contributed by atoms with Gasteiger partial charge in [0.25, 0.3) is 12.3 Å². The van der Waals surface area contributed by atoms with Gasteiger partial charge in [-0.15, -0.1) is 0 Å². The topological polar surface area (TPSA) is 56.1 Å². The largest absolute Gasteiger partial charge is 0.282 e. The average molecular weight is 393 g/mol. The SMILES string of the molecule is CONC(=O)c1c(C(F)F)nn(C)c1CC(C)Cc1ccc(C(C)(C)C)cc1. The molecule has 2 aromatic rings. The molecule has 0 aliphatic rings. The molecule has 1 aromatic carbocycles. The molecule has 1 amide bonds. The van der Waals surface area contributed by atoms with Crippen LogP contribution in [0.4, 0.5) is 8.78 Å². The zero-order chi connectivity index (χ0) is 21.1. The molecular weight excluding hydrogens is 364 g/mol. The van der Waals surface area contributed by atoms with Crippen LogP contribution in [0.25, 0.3) is 0 Å². The monoisotopic (exact) mass is 393 g/mol. The number of aryl methyl sites for hydroxylation is 1. The molecule has 1 N–H and O–H groups in total. The summed E-state index contributed by atoms with van der Waals surface area (Å²) in [6.07, 6.45) is -1.62. The number of nitrogens with one attached hydrogen (secondary N) is 1. The second-order valence-electron chi connectivity index (χ2n) is 8.23. The fourth-order valence-corrected chi connectivity index (χ4v) is 3.31. The van der Waals surface area contributed by atoms with E-state index in [1.165, 1.54) is 22.9 Å². The summed E-state index contributed by atoms with van der Waals surface area (Å²) in [6, 6.07) is 8.45. The summed E-state index contributed by atoms with van der Waals surface area (Å²) in [6.45, 7) is 8.53. The Balaban J connectivity index is 2.21. The average Bonchev–Trinajstić information content (AvgIpc) is 2.91. The van der Waals surface area contributed by atoms with Gasteiger partial charge in [-0.05, 0) is 35.3 Å². The van der Waals surface area contributed by atoms with E-state index >= 15 is 0 Å². The summed E-state index contributed by atoms with van der Waals surface area (Å²) in [5.74, 6) is -0.571. The lowest BCUT2D eigenvalue weighted by molar-refractivity contribution is 0.0528. The number of carbonyl (C=O) groups excluding carboxylic acids is 1. The van der Waals surface area contributed by atoms with Crippen molar-refractivity contribution in [1.82, 2.24) is 15.3 Å². The van der Waals surface area contributed by atoms with Crippen LogP contribution in [-0.4, -0.2) is 22.8 Å². The maximum atomic E-state index is 13.3. The molecule has 7 heteroatoms. The molecule has 5 nitrogen and oxygen atoms in total. The van der Waals surface area contributed by atoms with Gasteiger partial charge in [0.15, 0.2) is 0 Å². The van der Waals surface area contributed by atoms with Gasteiger partial charge in [0.05, 0.1) is 18.4 Å². The van der Waals surface area contributed by atoms with Gasteiger partial charge in [-0.25, -0.2) is 14.3 Å². The number of rotatable bonds is 7. The first-order chi connectivity index (χ1) is 13.0. The standard InChI is InChI=1S/C21H29F2N3O2/c1-13(11-14-7-9-15(10-8-14)21(2,3)4)12-16-17(20(27)25-28-6)18(19(22)23)24-26(16)5/h7-10,13,19H,11-12H2,1-6H3,(H,25,27). The number of halogens is 2. The molecule has 0 radical (unpaired) electrons. The van der Waals surface area contributed by atoms with E-state index < -0.39 is 18.0 Å². The second kappa shape index (κ2) is 8.82. The first-order valence-corrected chi connectivity index (χ1v) is 9.31. The Morgan fingerprint density at radius 3 is 2.32 bits per heavy atom. The van der Waals surface area contributed by atoms with Gasteiger partial charge >= 0.3 is 0 Å². The van der Waals surface area contributed by atoms with E-state index in [0.717, 1.165) is 6.42 Å². The predicted molar refractivity (Wildman–Crippen MR) is 104 cm³/mol. The van der Waals surface area contributed by atoms with Gasteiger partial charge in [-0.3, -0.25) is 14.3 Å². The molecule has 0 aliphatic heterocycles. The van der Waals surface area contributed by atoms with Crippen molar-refractivity contribution in [3.8, 4) is 0 Å². The van der Waals surface area contributed by atoms with Crippen molar-refractivity contribution in [3.05, 3.63) is 52.3 Å². The van der Waals surface area contributed by atoms with Crippen LogP contribution in [0.5, 0.6) is 0 Å². The van der Waals surface area contributed by atoms with Gasteiger partial charge in [0.1, 0.15) is 5.69 Å². The number of alkyl halides is 2. The van der Waals surface area contributed by atoms with E-state index in [1.807, 2.05) is 6.92 Å². The molecule has 0 saturated carbocycles. The fourth-order valence-electron chi connectivity index (χ4n) is 3.31. The minimum atomic E-state index is -2.84. The summed E-state index contributed by atoms with van der Waals surface area (Å²) in [5.41, 5.74) is 4.50. The molecular formula is C21H29F2N3O2. The van der Waals surface area contributed by atoms with Gasteiger partial charge in [-0.1, -0.05) is 52.0 Å². The molecule has 0 aliphatic carbocycles. The van der Waals surface area contributed by atoms with E-state index in [0.29, 0.717) is 12.1 Å². The summed E-state index contributed by atoms with van der Waals surface area (Å²) in [4.78, 5) is 16.9. The minimum absolute atomic E-state index is 0.0914. The number of hydroxylamine groups is 1. The summed E-state index contributed by atoms with van der Waals surface area (Å²) in [7, 11) is 2.84. The lowest BCUT2D eigenvalue weighted by Gasteiger charge is -2.20. The van der Waals surface area contributed by atoms with Gasteiger partial charge < -0.3 is 0 Å². The summed E-state index contributed by atoms with van der Waals surface area (Å²) >= 11 is 0. The summed E-state index contributed by atoms with van der Waals surface area (Å²) in [5, 5.41) is 3.86. The maximum absolute atomic E-state index is 13.3. The third-order valence-corrected chi connectivity index (χ3v) is 4.77. The highest BCUT2D eigenvalue weighted by atomic mass is 19.3. The quantitative estimate of drug-likeness (QED) is 0.711. The lowest BCUT2D eigenvalue weighted by atomic mass is 9.86. The third kappa shape index (κ3) is 5.16. The van der Waals surface area contributed by atoms with Crippen LogP contribution in [0.2, 0.25) is 0 Å². The van der Waals surface area contributed by atoms with Crippen molar-refractivity contribution in [3.63, 3.8) is 0 Å².